The van der Waals surface area contributed by atoms with Gasteiger partial charge in [0.15, 0.2) is 0 Å². The number of halogens is 2. The van der Waals surface area contributed by atoms with Crippen LogP contribution in [0.4, 0.5) is 0 Å². The van der Waals surface area contributed by atoms with Gasteiger partial charge in [-0.05, 0) is 25.7 Å². The molecule has 0 aromatic heterocycles. The molecule has 4 rings (SSSR count). The first-order valence-electron chi connectivity index (χ1n) is 12.9. The van der Waals surface area contributed by atoms with Gasteiger partial charge in [0.05, 0.1) is 44.6 Å². The summed E-state index contributed by atoms with van der Waals surface area (Å²) >= 11 is 13.2. The van der Waals surface area contributed by atoms with Crippen molar-refractivity contribution in [1.29, 1.82) is 0 Å². The lowest BCUT2D eigenvalue weighted by Gasteiger charge is -2.44. The summed E-state index contributed by atoms with van der Waals surface area (Å²) in [5, 5.41) is 44.6. The van der Waals surface area contributed by atoms with Gasteiger partial charge in [0.25, 0.3) is 22.5 Å². The van der Waals surface area contributed by atoms with Crippen molar-refractivity contribution in [1.82, 2.24) is 0 Å². The number of hydrogen-bond acceptors (Lipinski definition) is 9. The fourth-order valence-corrected chi connectivity index (χ4v) is 9.91. The first-order valence-corrected chi connectivity index (χ1v) is 15.1. The zero-order chi connectivity index (χ0) is 29.4. The molecule has 0 aromatic carbocycles. The molecular formula is C24H28Cl2N4O9S. The third-order valence-corrected chi connectivity index (χ3v) is 11.8. The summed E-state index contributed by atoms with van der Waals surface area (Å²) in [4.78, 5) is 46.3. The van der Waals surface area contributed by atoms with Gasteiger partial charge in [-0.1, -0.05) is 37.8 Å². The maximum Gasteiger partial charge on any atom is 0.272 e. The Morgan fingerprint density at radius 2 is 1.02 bits per heavy atom. The SMILES string of the molecule is O=[N+]([O-])C1=CC(C2CCCCC2Cl)([N+](=O)[O-])C(S(=O)C2C=CC([N+](=O)[O-])=CC2(C2CCCCC2Cl)[N+](=O)[O-])C=C1. The molecule has 4 aliphatic carbocycles. The molecule has 2 saturated carbocycles. The van der Waals surface area contributed by atoms with Crippen molar-refractivity contribution in [2.24, 2.45) is 11.8 Å². The van der Waals surface area contributed by atoms with Crippen LogP contribution in [0.2, 0.25) is 0 Å². The van der Waals surface area contributed by atoms with E-state index < -0.39 is 86.1 Å². The van der Waals surface area contributed by atoms with Gasteiger partial charge in [0.1, 0.15) is 10.5 Å². The normalized spacial score (nSPS) is 38.5. The van der Waals surface area contributed by atoms with E-state index in [1.54, 1.807) is 0 Å². The van der Waals surface area contributed by atoms with E-state index in [1.165, 1.54) is 0 Å². The second-order valence-corrected chi connectivity index (χ2v) is 13.4. The molecule has 0 saturated heterocycles. The van der Waals surface area contributed by atoms with Gasteiger partial charge in [-0.25, -0.2) is 0 Å². The molecule has 40 heavy (non-hydrogen) atoms. The molecule has 0 heterocycles. The van der Waals surface area contributed by atoms with Crippen LogP contribution in [-0.4, -0.2) is 56.2 Å². The summed E-state index contributed by atoms with van der Waals surface area (Å²) in [6, 6.07) is 0. The molecule has 0 bridgehead atoms. The van der Waals surface area contributed by atoms with Crippen LogP contribution in [0, 0.1) is 52.3 Å². The highest BCUT2D eigenvalue weighted by Crippen LogP contribution is 2.49. The maximum absolute atomic E-state index is 14.6. The average Bonchev–Trinajstić information content (AvgIpc) is 2.92. The zero-order valence-corrected chi connectivity index (χ0v) is 23.5. The highest BCUT2D eigenvalue weighted by molar-refractivity contribution is 7.86. The predicted octanol–water partition coefficient (Wildman–Crippen LogP) is 4.56. The molecule has 8 unspecified atom stereocenters. The van der Waals surface area contributed by atoms with E-state index in [0.717, 1.165) is 36.5 Å². The molecule has 0 aliphatic heterocycles. The topological polar surface area (TPSA) is 190 Å². The number of rotatable bonds is 8. The second kappa shape index (κ2) is 11.6. The van der Waals surface area contributed by atoms with Gasteiger partial charge in [-0.15, -0.1) is 23.2 Å². The molecule has 0 radical (unpaired) electrons. The number of nitro groups is 4. The largest absolute Gasteiger partial charge is 0.272 e. The van der Waals surface area contributed by atoms with E-state index >= 15 is 0 Å². The van der Waals surface area contributed by atoms with Crippen LogP contribution < -0.4 is 0 Å². The Kier molecular flexibility index (Phi) is 8.81. The van der Waals surface area contributed by atoms with Gasteiger partial charge in [0, 0.05) is 32.8 Å². The Bertz CT molecular complexity index is 1160. The standard InChI is InChI=1S/C24H28Cl2N4O9S/c25-19-7-3-1-5-17(19)23(29(35)36)13-15(27(31)32)9-11-21(23)40(39)22-12-10-16(28(33)34)14-24(22,30(37)38)18-6-2-4-8-20(18)26/h9-14,17-22H,1-8H2. The van der Waals surface area contributed by atoms with Gasteiger partial charge in [-0.2, -0.15) is 0 Å². The fraction of sp³-hybridized carbons (Fsp3) is 0.667. The van der Waals surface area contributed by atoms with E-state index in [9.17, 15) is 44.7 Å². The van der Waals surface area contributed by atoms with E-state index in [1.807, 2.05) is 0 Å². The molecule has 2 fully saturated rings. The van der Waals surface area contributed by atoms with Crippen LogP contribution in [0.1, 0.15) is 51.4 Å². The van der Waals surface area contributed by atoms with Crippen molar-refractivity contribution < 1.29 is 23.9 Å². The molecule has 0 amide bonds. The number of nitrogens with zero attached hydrogens (tertiary/aromatic N) is 4. The molecule has 218 valence electrons. The fourth-order valence-electron chi connectivity index (χ4n) is 6.76. The van der Waals surface area contributed by atoms with E-state index in [-0.39, 0.29) is 12.8 Å². The molecule has 16 heteroatoms. The van der Waals surface area contributed by atoms with Crippen molar-refractivity contribution in [3.05, 3.63) is 88.3 Å². The van der Waals surface area contributed by atoms with Crippen molar-refractivity contribution in [3.63, 3.8) is 0 Å². The lowest BCUT2D eigenvalue weighted by atomic mass is 9.70. The minimum atomic E-state index is -2.47. The van der Waals surface area contributed by atoms with Crippen LogP contribution in [0.15, 0.2) is 47.9 Å². The number of allylic oxidation sites excluding steroid dienone is 2. The Hall–Kier alpha value is -2.71. The summed E-state index contributed by atoms with van der Waals surface area (Å²) in [5.74, 6) is -1.91. The van der Waals surface area contributed by atoms with Crippen LogP contribution >= 0.6 is 23.2 Å². The Morgan fingerprint density at radius 3 is 1.32 bits per heavy atom. The Balaban J connectivity index is 1.91. The molecular weight excluding hydrogens is 591 g/mol. The lowest BCUT2D eigenvalue weighted by molar-refractivity contribution is -0.568. The molecule has 0 N–H and O–H groups in total. The highest BCUT2D eigenvalue weighted by atomic mass is 35.5. The van der Waals surface area contributed by atoms with Gasteiger partial charge >= 0.3 is 0 Å². The van der Waals surface area contributed by atoms with Crippen LogP contribution in [0.25, 0.3) is 0 Å². The minimum Gasteiger partial charge on any atom is -0.264 e. The first kappa shape index (κ1) is 30.3. The van der Waals surface area contributed by atoms with Crippen LogP contribution in [0.5, 0.6) is 0 Å². The zero-order valence-electron chi connectivity index (χ0n) is 21.2. The highest BCUT2D eigenvalue weighted by Gasteiger charge is 2.67. The summed E-state index contributed by atoms with van der Waals surface area (Å²) < 4.78 is 14.6. The summed E-state index contributed by atoms with van der Waals surface area (Å²) in [6.07, 6.45) is 9.78. The van der Waals surface area contributed by atoms with Gasteiger partial charge in [0.2, 0.25) is 0 Å². The average molecular weight is 619 g/mol. The van der Waals surface area contributed by atoms with Gasteiger partial charge in [-0.3, -0.25) is 44.7 Å². The third kappa shape index (κ3) is 4.98. The van der Waals surface area contributed by atoms with Crippen molar-refractivity contribution in [2.45, 2.75) is 83.7 Å². The molecule has 0 spiro atoms. The van der Waals surface area contributed by atoms with Crippen molar-refractivity contribution in [2.75, 3.05) is 0 Å². The molecule has 13 nitrogen and oxygen atoms in total. The third-order valence-electron chi connectivity index (χ3n) is 8.66. The van der Waals surface area contributed by atoms with Crippen LogP contribution in [0.3, 0.4) is 0 Å². The minimum absolute atomic E-state index is 0.233. The Labute approximate surface area is 241 Å². The van der Waals surface area contributed by atoms with Crippen molar-refractivity contribution >= 4 is 34.0 Å². The van der Waals surface area contributed by atoms with Gasteiger partial charge < -0.3 is 0 Å². The molecule has 0 aromatic rings. The summed E-state index contributed by atoms with van der Waals surface area (Å²) in [7, 11) is -2.47. The molecule has 8 atom stereocenters. The summed E-state index contributed by atoms with van der Waals surface area (Å²) in [5.41, 5.74) is -5.73. The van der Waals surface area contributed by atoms with E-state index in [2.05, 4.69) is 0 Å². The number of alkyl halides is 2. The Morgan fingerprint density at radius 1 is 0.675 bits per heavy atom. The van der Waals surface area contributed by atoms with E-state index in [4.69, 9.17) is 23.2 Å². The maximum atomic E-state index is 14.6. The monoisotopic (exact) mass is 618 g/mol. The first-order chi connectivity index (χ1) is 18.9. The number of hydrogen-bond donors (Lipinski definition) is 0. The van der Waals surface area contributed by atoms with Crippen molar-refractivity contribution in [3.8, 4) is 0 Å². The lowest BCUT2D eigenvalue weighted by Crippen LogP contribution is -2.64. The van der Waals surface area contributed by atoms with Crippen LogP contribution in [-0.2, 0) is 10.8 Å². The smallest absolute Gasteiger partial charge is 0.264 e. The van der Waals surface area contributed by atoms with E-state index in [0.29, 0.717) is 38.5 Å². The quantitative estimate of drug-likeness (QED) is 0.213. The molecule has 4 aliphatic rings. The second-order valence-electron chi connectivity index (χ2n) is 10.6. The predicted molar refractivity (Wildman–Crippen MR) is 147 cm³/mol. The summed E-state index contributed by atoms with van der Waals surface area (Å²) in [6.45, 7) is 0.